The fourth-order valence-electron chi connectivity index (χ4n) is 6.99. The molecule has 2 rings (SSSR count). The van der Waals surface area contributed by atoms with Gasteiger partial charge in [-0.2, -0.15) is 0 Å². The summed E-state index contributed by atoms with van der Waals surface area (Å²) in [6, 6.07) is -10.6. The predicted octanol–water partition coefficient (Wildman–Crippen LogP) is -9.70. The number of aliphatic hydroxyl groups excluding tert-OH is 6. The number of nitrogens with one attached hydrogen (secondary N) is 7. The van der Waals surface area contributed by atoms with Crippen LogP contribution in [0.3, 0.4) is 0 Å². The molecule has 0 bridgehead atoms. The summed E-state index contributed by atoms with van der Waals surface area (Å²) in [5, 5.41) is 96.0. The lowest BCUT2D eigenvalue weighted by Gasteiger charge is -2.48. The summed E-state index contributed by atoms with van der Waals surface area (Å²) in [4.78, 5) is 123. The number of rotatable bonds is 28. The summed E-state index contributed by atoms with van der Waals surface area (Å²) in [6.45, 7) is 1.71. The third-order valence-electron chi connectivity index (χ3n) is 10.7. The summed E-state index contributed by atoms with van der Waals surface area (Å²) in [5.41, 5.74) is 10.9. The van der Waals surface area contributed by atoms with Crippen molar-refractivity contribution < 1.29 is 108 Å². The van der Waals surface area contributed by atoms with Gasteiger partial charge in [-0.3, -0.25) is 43.2 Å². The first kappa shape index (κ1) is 60.4. The zero-order valence-electron chi connectivity index (χ0n) is 38.5. The van der Waals surface area contributed by atoms with Crippen LogP contribution in [0.4, 0.5) is 0 Å². The van der Waals surface area contributed by atoms with Gasteiger partial charge < -0.3 is 108 Å². The second kappa shape index (κ2) is 28.8. The molecule has 2 saturated heterocycles. The lowest BCUT2D eigenvalue weighted by Crippen LogP contribution is -2.70. The minimum atomic E-state index is -1.90. The molecule has 8 amide bonds. The highest BCUT2D eigenvalue weighted by molar-refractivity contribution is 5.93. The van der Waals surface area contributed by atoms with E-state index in [1.165, 1.54) is 13.8 Å². The molecule has 16 unspecified atom stereocenters. The van der Waals surface area contributed by atoms with Crippen molar-refractivity contribution in [3.8, 4) is 0 Å². The van der Waals surface area contributed by atoms with Crippen LogP contribution in [-0.2, 0) is 66.9 Å². The van der Waals surface area contributed by atoms with Crippen LogP contribution in [-0.4, -0.2) is 224 Å². The van der Waals surface area contributed by atoms with Gasteiger partial charge in [0.05, 0.1) is 32.3 Å². The quantitative estimate of drug-likeness (QED) is 0.0324. The Morgan fingerprint density at radius 1 is 0.686 bits per heavy atom. The van der Waals surface area contributed by atoms with Gasteiger partial charge in [0, 0.05) is 26.8 Å². The molecule has 0 saturated carbocycles. The molecule has 0 aromatic rings. The average Bonchev–Trinajstić information content (AvgIpc) is 3.28. The Kier molecular flexibility index (Phi) is 24.9. The number of hydrogen-bond donors (Lipinski definition) is 17. The van der Waals surface area contributed by atoms with Gasteiger partial charge in [0.2, 0.25) is 47.3 Å². The first-order valence-corrected chi connectivity index (χ1v) is 21.8. The second-order valence-corrected chi connectivity index (χ2v) is 16.3. The summed E-state index contributed by atoms with van der Waals surface area (Å²) in [7, 11) is 0. The van der Waals surface area contributed by atoms with Crippen LogP contribution < -0.4 is 48.7 Å². The summed E-state index contributed by atoms with van der Waals surface area (Å²) < 4.78 is 23.1. The zero-order chi connectivity index (χ0) is 53.2. The smallest absolute Gasteiger partial charge is 0.326 e. The molecular formula is C39H65N9O22. The number of nitrogens with two attached hydrogens (primary N) is 2. The molecule has 398 valence electrons. The number of carboxylic acids is 2. The van der Waals surface area contributed by atoms with Gasteiger partial charge in [0.15, 0.2) is 12.6 Å². The SMILES string of the molecule is CC(=O)NC1C(OC2C(CO)OC(O)C(NC(C)=O)C2OC(C)C(=O)NC(C)C(=O)NC(CCC(=O)NC(CCCNC(=O)C(CO)NC(=O)C(N)CC(=O)O)C(=O)O)C(N)=O)OC(CO)C(O)C1O. The Balaban J connectivity index is 2.08. The number of primary amides is 1. The van der Waals surface area contributed by atoms with Gasteiger partial charge in [0.25, 0.3) is 0 Å². The molecule has 31 nitrogen and oxygen atoms in total. The molecular weight excluding hydrogens is 946 g/mol. The van der Waals surface area contributed by atoms with Crippen molar-refractivity contribution in [3.05, 3.63) is 0 Å². The van der Waals surface area contributed by atoms with E-state index in [1.54, 1.807) is 0 Å². The predicted molar refractivity (Wildman–Crippen MR) is 229 cm³/mol. The van der Waals surface area contributed by atoms with E-state index in [4.69, 9.17) is 35.5 Å². The van der Waals surface area contributed by atoms with Crippen molar-refractivity contribution in [2.75, 3.05) is 26.4 Å². The Morgan fingerprint density at radius 3 is 1.83 bits per heavy atom. The van der Waals surface area contributed by atoms with E-state index in [2.05, 4.69) is 37.2 Å². The van der Waals surface area contributed by atoms with Crippen LogP contribution in [0.1, 0.15) is 59.8 Å². The molecule has 2 heterocycles. The molecule has 16 atom stereocenters. The van der Waals surface area contributed by atoms with Crippen molar-refractivity contribution in [2.24, 2.45) is 11.5 Å². The number of aliphatic carboxylic acids is 2. The summed E-state index contributed by atoms with van der Waals surface area (Å²) in [5.74, 6) is -10.2. The number of amides is 8. The van der Waals surface area contributed by atoms with Crippen molar-refractivity contribution in [1.82, 2.24) is 37.2 Å². The normalized spacial score (nSPS) is 26.8. The van der Waals surface area contributed by atoms with Crippen LogP contribution in [0, 0.1) is 0 Å². The van der Waals surface area contributed by atoms with E-state index in [-0.39, 0.29) is 19.4 Å². The van der Waals surface area contributed by atoms with E-state index >= 15 is 0 Å². The Bertz CT molecular complexity index is 1850. The standard InChI is InChI=1S/C39H65N9O22/c1-14(33(60)47-19(32(41)59)7-8-24(54)46-20(37(64)65)6-5-9-42-36(63)21(11-49)48-35(62)18(40)10-25(55)56)43-34(61)15(2)67-31-27(45-17(4)53)38(66)68-23(13-51)30(31)70-39-26(44-16(3)52)29(58)28(57)22(12-50)69-39/h14-15,18-23,26-31,38-39,49-51,57-58,66H,5-13,40H2,1-4H3,(H2,41,59)(H,42,63)(H,43,61)(H,44,52)(H,45,53)(H,46,54)(H,47,60)(H,48,62)(H,55,56)(H,64,65). The van der Waals surface area contributed by atoms with Crippen molar-refractivity contribution in [2.45, 2.75) is 157 Å². The monoisotopic (exact) mass is 1010 g/mol. The van der Waals surface area contributed by atoms with Crippen LogP contribution in [0.25, 0.3) is 0 Å². The van der Waals surface area contributed by atoms with Gasteiger partial charge in [-0.15, -0.1) is 0 Å². The number of carboxylic acid groups (broad SMARTS) is 2. The Labute approximate surface area is 399 Å². The average molecular weight is 1010 g/mol. The van der Waals surface area contributed by atoms with E-state index in [0.717, 1.165) is 13.8 Å². The number of carbonyl (C=O) groups is 10. The lowest BCUT2D eigenvalue weighted by molar-refractivity contribution is -0.333. The summed E-state index contributed by atoms with van der Waals surface area (Å²) in [6.07, 6.45) is -17.0. The maximum absolute atomic E-state index is 13.5. The van der Waals surface area contributed by atoms with E-state index in [0.29, 0.717) is 0 Å². The van der Waals surface area contributed by atoms with Crippen LogP contribution in [0.15, 0.2) is 0 Å². The maximum atomic E-state index is 13.5. The molecule has 0 aromatic carbocycles. The highest BCUT2D eigenvalue weighted by Gasteiger charge is 2.53. The van der Waals surface area contributed by atoms with Crippen LogP contribution in [0.2, 0.25) is 0 Å². The van der Waals surface area contributed by atoms with Crippen LogP contribution >= 0.6 is 0 Å². The van der Waals surface area contributed by atoms with Gasteiger partial charge in [0.1, 0.15) is 79.0 Å². The van der Waals surface area contributed by atoms with E-state index < -0.39 is 196 Å². The van der Waals surface area contributed by atoms with Crippen molar-refractivity contribution >= 4 is 59.2 Å². The fourth-order valence-corrected chi connectivity index (χ4v) is 6.99. The molecule has 2 fully saturated rings. The number of aliphatic hydroxyl groups is 6. The molecule has 0 radical (unpaired) electrons. The number of hydrogen-bond acceptors (Lipinski definition) is 21. The molecule has 70 heavy (non-hydrogen) atoms. The highest BCUT2D eigenvalue weighted by atomic mass is 16.7. The van der Waals surface area contributed by atoms with Crippen LogP contribution in [0.5, 0.6) is 0 Å². The van der Waals surface area contributed by atoms with Gasteiger partial charge in [-0.05, 0) is 33.1 Å². The van der Waals surface area contributed by atoms with Crippen molar-refractivity contribution in [1.29, 1.82) is 0 Å². The van der Waals surface area contributed by atoms with Crippen molar-refractivity contribution in [3.63, 3.8) is 0 Å². The molecule has 19 N–H and O–H groups in total. The minimum Gasteiger partial charge on any atom is -0.481 e. The zero-order valence-corrected chi connectivity index (χ0v) is 38.5. The fraction of sp³-hybridized carbons (Fsp3) is 0.744. The Hall–Kier alpha value is -5.74. The lowest BCUT2D eigenvalue weighted by atomic mass is 9.94. The second-order valence-electron chi connectivity index (χ2n) is 16.3. The van der Waals surface area contributed by atoms with Gasteiger partial charge in [-0.1, -0.05) is 0 Å². The Morgan fingerprint density at radius 2 is 1.29 bits per heavy atom. The molecule has 2 aliphatic heterocycles. The van der Waals surface area contributed by atoms with Gasteiger partial charge >= 0.3 is 11.9 Å². The first-order chi connectivity index (χ1) is 32.8. The third kappa shape index (κ3) is 18.5. The topological polar surface area (TPSA) is 506 Å². The summed E-state index contributed by atoms with van der Waals surface area (Å²) >= 11 is 0. The van der Waals surface area contributed by atoms with Gasteiger partial charge in [-0.25, -0.2) is 4.79 Å². The molecule has 0 aromatic heterocycles. The molecule has 2 aliphatic rings. The number of ether oxygens (including phenoxy) is 4. The molecule has 31 heteroatoms. The molecule has 0 spiro atoms. The first-order valence-electron chi connectivity index (χ1n) is 21.8. The molecule has 0 aliphatic carbocycles. The third-order valence-corrected chi connectivity index (χ3v) is 10.7. The number of carbonyl (C=O) groups excluding carboxylic acids is 8. The minimum absolute atomic E-state index is 0.0519. The van der Waals surface area contributed by atoms with E-state index in [1.807, 2.05) is 0 Å². The largest absolute Gasteiger partial charge is 0.481 e. The highest BCUT2D eigenvalue weighted by Crippen LogP contribution is 2.31. The maximum Gasteiger partial charge on any atom is 0.326 e. The van der Waals surface area contributed by atoms with E-state index in [9.17, 15) is 83.7 Å².